The number of ether oxygens (including phenoxy) is 2. The van der Waals surface area contributed by atoms with E-state index in [-0.39, 0.29) is 11.9 Å². The molecular weight excluding hydrogens is 348 g/mol. The van der Waals surface area contributed by atoms with Gasteiger partial charge in [-0.15, -0.1) is 11.3 Å². The maximum absolute atomic E-state index is 12.6. The highest BCUT2D eigenvalue weighted by Gasteiger charge is 2.24. The van der Waals surface area contributed by atoms with Crippen LogP contribution in [0.1, 0.15) is 34.6 Å². The van der Waals surface area contributed by atoms with Gasteiger partial charge in [-0.1, -0.05) is 19.1 Å². The molecule has 3 rings (SSSR count). The minimum Gasteiger partial charge on any atom is -0.494 e. The topological polar surface area (TPSA) is 50.8 Å². The molecule has 1 aliphatic rings. The zero-order valence-electron chi connectivity index (χ0n) is 15.1. The second-order valence-corrected chi connectivity index (χ2v) is 7.25. The van der Waals surface area contributed by atoms with Gasteiger partial charge in [0, 0.05) is 30.1 Å². The van der Waals surface area contributed by atoms with Crippen LogP contribution in [0.3, 0.4) is 0 Å². The highest BCUT2D eigenvalue weighted by atomic mass is 32.1. The van der Waals surface area contributed by atoms with Crippen LogP contribution in [0.2, 0.25) is 0 Å². The van der Waals surface area contributed by atoms with Crippen LogP contribution in [0.15, 0.2) is 41.8 Å². The molecule has 1 aliphatic heterocycles. The normalized spacial score (nSPS) is 16.2. The fourth-order valence-electron chi connectivity index (χ4n) is 3.02. The Morgan fingerprint density at radius 3 is 2.88 bits per heavy atom. The summed E-state index contributed by atoms with van der Waals surface area (Å²) in [5.41, 5.74) is 0.630. The lowest BCUT2D eigenvalue weighted by Gasteiger charge is -2.34. The van der Waals surface area contributed by atoms with Crippen LogP contribution >= 0.6 is 11.3 Å². The van der Waals surface area contributed by atoms with Gasteiger partial charge in [0.05, 0.1) is 25.9 Å². The average Bonchev–Trinajstić information content (AvgIpc) is 3.22. The molecule has 1 aromatic heterocycles. The minimum atomic E-state index is -0.0678. The van der Waals surface area contributed by atoms with Crippen molar-refractivity contribution in [2.45, 2.75) is 19.4 Å². The first kappa shape index (κ1) is 18.9. The SMILES string of the molecule is CCCOc1cccc(C(=O)NC[C@@H](c2cccs2)N2CCOCC2)c1. The Morgan fingerprint density at radius 1 is 1.31 bits per heavy atom. The Morgan fingerprint density at radius 2 is 2.15 bits per heavy atom. The molecule has 0 unspecified atom stereocenters. The first-order valence-corrected chi connectivity index (χ1v) is 10.0. The van der Waals surface area contributed by atoms with Crippen LogP contribution in [0.25, 0.3) is 0 Å². The third kappa shape index (κ3) is 5.06. The maximum atomic E-state index is 12.6. The number of nitrogens with zero attached hydrogens (tertiary/aromatic N) is 1. The first-order valence-electron chi connectivity index (χ1n) is 9.14. The van der Waals surface area contributed by atoms with Gasteiger partial charge in [0.2, 0.25) is 0 Å². The molecule has 0 spiro atoms. The van der Waals surface area contributed by atoms with E-state index in [2.05, 4.69) is 34.7 Å². The number of rotatable bonds is 8. The van der Waals surface area contributed by atoms with Crippen molar-refractivity contribution in [2.75, 3.05) is 39.5 Å². The summed E-state index contributed by atoms with van der Waals surface area (Å²) in [7, 11) is 0. The number of thiophene rings is 1. The molecule has 1 amide bonds. The molecule has 2 heterocycles. The van der Waals surface area contributed by atoms with Crippen molar-refractivity contribution in [3.8, 4) is 5.75 Å². The second-order valence-electron chi connectivity index (χ2n) is 6.27. The highest BCUT2D eigenvalue weighted by Crippen LogP contribution is 2.25. The van der Waals surface area contributed by atoms with Gasteiger partial charge in [0.25, 0.3) is 5.91 Å². The predicted octanol–water partition coefficient (Wildman–Crippen LogP) is 3.34. The van der Waals surface area contributed by atoms with E-state index in [1.165, 1.54) is 4.88 Å². The van der Waals surface area contributed by atoms with Crippen LogP contribution < -0.4 is 10.1 Å². The number of benzene rings is 1. The van der Waals surface area contributed by atoms with E-state index >= 15 is 0 Å². The van der Waals surface area contributed by atoms with Crippen molar-refractivity contribution in [1.29, 1.82) is 0 Å². The maximum Gasteiger partial charge on any atom is 0.251 e. The van der Waals surface area contributed by atoms with Crippen molar-refractivity contribution < 1.29 is 14.3 Å². The zero-order valence-corrected chi connectivity index (χ0v) is 16.0. The van der Waals surface area contributed by atoms with E-state index in [0.29, 0.717) is 18.7 Å². The molecule has 0 saturated carbocycles. The molecular formula is C20H26N2O3S. The summed E-state index contributed by atoms with van der Waals surface area (Å²) in [6.07, 6.45) is 0.943. The number of amides is 1. The monoisotopic (exact) mass is 374 g/mol. The third-order valence-corrected chi connectivity index (χ3v) is 5.36. The molecule has 1 fully saturated rings. The number of hydrogen-bond acceptors (Lipinski definition) is 5. The molecule has 1 aromatic carbocycles. The smallest absolute Gasteiger partial charge is 0.251 e. The second kappa shape index (κ2) is 9.71. The lowest BCUT2D eigenvalue weighted by Crippen LogP contribution is -2.43. The lowest BCUT2D eigenvalue weighted by molar-refractivity contribution is 0.0169. The van der Waals surface area contributed by atoms with E-state index in [4.69, 9.17) is 9.47 Å². The number of morpholine rings is 1. The third-order valence-electron chi connectivity index (χ3n) is 4.38. The molecule has 0 aliphatic carbocycles. The van der Waals surface area contributed by atoms with Crippen molar-refractivity contribution in [2.24, 2.45) is 0 Å². The predicted molar refractivity (Wildman–Crippen MR) is 104 cm³/mol. The molecule has 2 aromatic rings. The fraction of sp³-hybridized carbons (Fsp3) is 0.450. The summed E-state index contributed by atoms with van der Waals surface area (Å²) < 4.78 is 11.1. The summed E-state index contributed by atoms with van der Waals surface area (Å²) >= 11 is 1.73. The number of carbonyl (C=O) groups is 1. The average molecular weight is 375 g/mol. The van der Waals surface area contributed by atoms with Gasteiger partial charge < -0.3 is 14.8 Å². The van der Waals surface area contributed by atoms with E-state index in [1.54, 1.807) is 17.4 Å². The van der Waals surface area contributed by atoms with Crippen molar-refractivity contribution in [3.05, 3.63) is 52.2 Å². The Kier molecular flexibility index (Phi) is 7.05. The molecule has 26 heavy (non-hydrogen) atoms. The summed E-state index contributed by atoms with van der Waals surface area (Å²) in [6, 6.07) is 11.7. The first-order chi connectivity index (χ1) is 12.8. The van der Waals surface area contributed by atoms with Gasteiger partial charge in [0.15, 0.2) is 0 Å². The highest BCUT2D eigenvalue weighted by molar-refractivity contribution is 7.10. The Labute approximate surface area is 158 Å². The quantitative estimate of drug-likeness (QED) is 0.770. The Bertz CT molecular complexity index is 684. The molecule has 0 bridgehead atoms. The number of hydrogen-bond donors (Lipinski definition) is 1. The van der Waals surface area contributed by atoms with Crippen LogP contribution in [0.4, 0.5) is 0 Å². The molecule has 5 nitrogen and oxygen atoms in total. The Balaban J connectivity index is 1.64. The van der Waals surface area contributed by atoms with Crippen molar-refractivity contribution in [3.63, 3.8) is 0 Å². The minimum absolute atomic E-state index is 0.0678. The van der Waals surface area contributed by atoms with Crippen LogP contribution in [-0.4, -0.2) is 50.3 Å². The van der Waals surface area contributed by atoms with Crippen LogP contribution in [0.5, 0.6) is 5.75 Å². The molecule has 1 atom stereocenters. The largest absolute Gasteiger partial charge is 0.494 e. The van der Waals surface area contributed by atoms with E-state index in [9.17, 15) is 4.79 Å². The summed E-state index contributed by atoms with van der Waals surface area (Å²) in [5.74, 6) is 0.671. The van der Waals surface area contributed by atoms with E-state index < -0.39 is 0 Å². The molecule has 1 saturated heterocycles. The van der Waals surface area contributed by atoms with E-state index in [1.807, 2.05) is 18.2 Å². The van der Waals surface area contributed by atoms with Crippen molar-refractivity contribution >= 4 is 17.2 Å². The lowest BCUT2D eigenvalue weighted by atomic mass is 10.1. The fourth-order valence-corrected chi connectivity index (χ4v) is 3.88. The van der Waals surface area contributed by atoms with Crippen LogP contribution in [-0.2, 0) is 4.74 Å². The van der Waals surface area contributed by atoms with Crippen LogP contribution in [0, 0.1) is 0 Å². The Hall–Kier alpha value is -1.89. The number of carbonyl (C=O) groups excluding carboxylic acids is 1. The van der Waals surface area contributed by atoms with Gasteiger partial charge in [-0.2, -0.15) is 0 Å². The molecule has 6 heteroatoms. The standard InChI is InChI=1S/C20H26N2O3S/c1-2-10-25-17-6-3-5-16(14-17)20(23)21-15-18(19-7-4-13-26-19)22-8-11-24-12-9-22/h3-7,13-14,18H,2,8-12,15H2,1H3,(H,21,23)/t18-/m0/s1. The van der Waals surface area contributed by atoms with E-state index in [0.717, 1.165) is 38.5 Å². The van der Waals surface area contributed by atoms with Gasteiger partial charge in [-0.3, -0.25) is 9.69 Å². The molecule has 140 valence electrons. The summed E-state index contributed by atoms with van der Waals surface area (Å²) in [4.78, 5) is 16.3. The zero-order chi connectivity index (χ0) is 18.2. The van der Waals surface area contributed by atoms with Gasteiger partial charge in [-0.25, -0.2) is 0 Å². The number of nitrogens with one attached hydrogen (secondary N) is 1. The molecule has 1 N–H and O–H groups in total. The van der Waals surface area contributed by atoms with Crippen molar-refractivity contribution in [1.82, 2.24) is 10.2 Å². The summed E-state index contributed by atoms with van der Waals surface area (Å²) in [5, 5.41) is 5.18. The van der Waals surface area contributed by atoms with Gasteiger partial charge in [0.1, 0.15) is 5.75 Å². The summed E-state index contributed by atoms with van der Waals surface area (Å²) in [6.45, 7) is 6.56. The van der Waals surface area contributed by atoms with Gasteiger partial charge >= 0.3 is 0 Å². The van der Waals surface area contributed by atoms with Gasteiger partial charge in [-0.05, 0) is 36.1 Å². The molecule has 0 radical (unpaired) electrons.